The van der Waals surface area contributed by atoms with Crippen molar-refractivity contribution in [2.24, 2.45) is 50.2 Å². The minimum Gasteiger partial charge on any atom is -0.481 e. The molecule has 0 amide bonds. The summed E-state index contributed by atoms with van der Waals surface area (Å²) in [4.78, 5) is 51.3. The Bertz CT molecular complexity index is 1730. The quantitative estimate of drug-likeness (QED) is 0.171. The molecule has 0 aromatic carbocycles. The van der Waals surface area contributed by atoms with Gasteiger partial charge in [0.25, 0.3) is 0 Å². The third-order valence-corrected chi connectivity index (χ3v) is 17.2. The van der Waals surface area contributed by atoms with E-state index in [2.05, 4.69) is 27.7 Å². The number of carboxylic acids is 3. The molecule has 0 aromatic rings. The molecule has 0 aromatic heterocycles. The summed E-state index contributed by atoms with van der Waals surface area (Å²) in [6.45, 7) is 14.8. The summed E-state index contributed by atoms with van der Waals surface area (Å²) in [5, 5.41) is 83.0. The van der Waals surface area contributed by atoms with Crippen molar-refractivity contribution in [3.05, 3.63) is 11.6 Å². The lowest BCUT2D eigenvalue weighted by atomic mass is 9.33. The predicted octanol–water partition coefficient (Wildman–Crippen LogP) is 2.25. The van der Waals surface area contributed by atoms with Gasteiger partial charge in [0, 0.05) is 5.92 Å². The molecule has 326 valence electrons. The summed E-state index contributed by atoms with van der Waals surface area (Å²) in [7, 11) is 0. The molecule has 2 saturated heterocycles. The number of fused-ring (bicyclic) bond motifs is 7. The Hall–Kier alpha value is -2.54. The van der Waals surface area contributed by atoms with Crippen molar-refractivity contribution in [2.45, 2.75) is 174 Å². The van der Waals surface area contributed by atoms with Crippen molar-refractivity contribution in [3.8, 4) is 0 Å². The van der Waals surface area contributed by atoms with Gasteiger partial charge in [0.15, 0.2) is 30.6 Å². The number of hydrogen-bond acceptors (Lipinski definition) is 13. The summed E-state index contributed by atoms with van der Waals surface area (Å²) in [5.74, 6) is -4.47. The molecule has 58 heavy (non-hydrogen) atoms. The van der Waals surface area contributed by atoms with Gasteiger partial charge < -0.3 is 59.8 Å². The zero-order valence-corrected chi connectivity index (χ0v) is 34.4. The van der Waals surface area contributed by atoms with Crippen molar-refractivity contribution in [3.63, 3.8) is 0 Å². The van der Waals surface area contributed by atoms with E-state index in [1.165, 1.54) is 0 Å². The maximum Gasteiger partial charge on any atom is 0.335 e. The number of ether oxygens (including phenoxy) is 4. The molecule has 16 nitrogen and oxygen atoms in total. The van der Waals surface area contributed by atoms with E-state index in [-0.39, 0.29) is 34.4 Å². The summed E-state index contributed by atoms with van der Waals surface area (Å²) < 4.78 is 23.4. The van der Waals surface area contributed by atoms with Crippen LogP contribution in [0.4, 0.5) is 0 Å². The first-order chi connectivity index (χ1) is 26.8. The second-order valence-corrected chi connectivity index (χ2v) is 20.6. The van der Waals surface area contributed by atoms with Gasteiger partial charge in [-0.1, -0.05) is 47.1 Å². The molecule has 2 heterocycles. The Morgan fingerprint density at radius 3 is 1.88 bits per heavy atom. The lowest BCUT2D eigenvalue weighted by Crippen LogP contribution is -2.68. The number of hydrogen-bond donors (Lipinski definition) is 8. The highest BCUT2D eigenvalue weighted by Crippen LogP contribution is 2.75. The number of allylic oxidation sites excluding steroid dienone is 2. The second-order valence-electron chi connectivity index (χ2n) is 20.6. The lowest BCUT2D eigenvalue weighted by molar-refractivity contribution is -0.371. The fourth-order valence-electron chi connectivity index (χ4n) is 13.4. The first-order valence-corrected chi connectivity index (χ1v) is 20.7. The number of carboxylic acid groups (broad SMARTS) is 3. The number of aliphatic carboxylic acids is 3. The van der Waals surface area contributed by atoms with E-state index >= 15 is 0 Å². The van der Waals surface area contributed by atoms with Crippen molar-refractivity contribution >= 4 is 23.7 Å². The zero-order chi connectivity index (χ0) is 42.9. The van der Waals surface area contributed by atoms with Crippen LogP contribution in [0, 0.1) is 50.2 Å². The molecule has 0 spiro atoms. The van der Waals surface area contributed by atoms with Gasteiger partial charge in [-0.05, 0) is 110 Å². The smallest absolute Gasteiger partial charge is 0.335 e. The molecule has 5 aliphatic carbocycles. The molecule has 0 bridgehead atoms. The molecule has 0 radical (unpaired) electrons. The minimum absolute atomic E-state index is 0.0217. The van der Waals surface area contributed by atoms with E-state index < -0.39 is 107 Å². The van der Waals surface area contributed by atoms with Crippen molar-refractivity contribution in [2.75, 3.05) is 0 Å². The molecule has 6 fully saturated rings. The Balaban J connectivity index is 1.17. The molecule has 19 atom stereocenters. The molecule has 15 unspecified atom stereocenters. The number of ketones is 1. The number of aliphatic hydroxyl groups is 5. The zero-order valence-electron chi connectivity index (χ0n) is 34.4. The number of carbonyl (C=O) groups excluding carboxylic acids is 1. The minimum atomic E-state index is -2.05. The Morgan fingerprint density at radius 2 is 1.28 bits per heavy atom. The molecule has 4 saturated carbocycles. The van der Waals surface area contributed by atoms with Crippen LogP contribution in [-0.2, 0) is 38.1 Å². The van der Waals surface area contributed by atoms with Gasteiger partial charge in [-0.2, -0.15) is 0 Å². The van der Waals surface area contributed by atoms with Gasteiger partial charge >= 0.3 is 17.9 Å². The maximum absolute atomic E-state index is 14.8. The highest BCUT2D eigenvalue weighted by Gasteiger charge is 2.71. The third-order valence-electron chi connectivity index (χ3n) is 17.2. The summed E-state index contributed by atoms with van der Waals surface area (Å²) in [6, 6.07) is 0. The summed E-state index contributed by atoms with van der Waals surface area (Å²) in [5.41, 5.74) is -1.81. The Labute approximate surface area is 337 Å². The van der Waals surface area contributed by atoms with E-state index in [4.69, 9.17) is 18.9 Å². The number of aliphatic hydroxyl groups excluding tert-OH is 5. The van der Waals surface area contributed by atoms with Gasteiger partial charge in [0.1, 0.15) is 36.6 Å². The van der Waals surface area contributed by atoms with Crippen molar-refractivity contribution in [1.29, 1.82) is 0 Å². The van der Waals surface area contributed by atoms with E-state index in [9.17, 15) is 60.0 Å². The third kappa shape index (κ3) is 6.25. The second kappa shape index (κ2) is 14.3. The molecular formula is C42H62O16. The standard InChI is InChI=1S/C42H62O16/c1-37(2)21-8-11-42(7)31(20(43)16-18-19-17-39(4,36(53)54)13-12-38(19,3)14-15-41(18,42)6)40(21,5)10-9-22(37)55-35-30(26(47)25(46)29(57-35)33(51)52)58-34-27(48)23(44)24(45)28(56-34)32(49)50/h16,19,21-31,34-35,44-48H,8-15,17H2,1-7H3,(H,49,50)(H,51,52)(H,53,54)/t19?,21?,22?,23?,24-,25-,26?,27?,28?,29?,30?,31?,34+,35-,38?,39?,40?,41?,42?/m1/s1. The van der Waals surface area contributed by atoms with Crippen LogP contribution >= 0.6 is 0 Å². The van der Waals surface area contributed by atoms with Crippen molar-refractivity contribution in [1.82, 2.24) is 0 Å². The maximum atomic E-state index is 14.8. The SMILES string of the molecule is CC1(C(=O)O)CCC2(C)CCC3(C)C(=CC(=O)C4C5(C)CCC(O[C@@H]6OC(C(=O)O)[C@H](O)C(O)C6O[C@@H]6OC(C(=O)O)[C@H](O)C(O)C6O)C(C)(C)C5CCC43C)C2C1. The highest BCUT2D eigenvalue weighted by atomic mass is 16.8. The van der Waals surface area contributed by atoms with Gasteiger partial charge in [-0.15, -0.1) is 0 Å². The number of rotatable bonds is 7. The Kier molecular flexibility index (Phi) is 10.7. The van der Waals surface area contributed by atoms with Gasteiger partial charge in [0.05, 0.1) is 11.5 Å². The van der Waals surface area contributed by atoms with Gasteiger partial charge in [0.2, 0.25) is 0 Å². The van der Waals surface area contributed by atoms with Crippen LogP contribution in [0.5, 0.6) is 0 Å². The van der Waals surface area contributed by atoms with E-state index in [0.717, 1.165) is 37.7 Å². The molecular weight excluding hydrogens is 760 g/mol. The number of carbonyl (C=O) groups is 4. The van der Waals surface area contributed by atoms with Crippen LogP contribution < -0.4 is 0 Å². The highest BCUT2D eigenvalue weighted by molar-refractivity contribution is 5.95. The molecule has 8 N–H and O–H groups in total. The van der Waals surface area contributed by atoms with E-state index in [1.807, 2.05) is 26.8 Å². The molecule has 16 heteroatoms. The van der Waals surface area contributed by atoms with E-state index in [0.29, 0.717) is 25.7 Å². The first-order valence-electron chi connectivity index (χ1n) is 20.7. The van der Waals surface area contributed by atoms with Crippen LogP contribution in [0.2, 0.25) is 0 Å². The van der Waals surface area contributed by atoms with Crippen LogP contribution in [0.15, 0.2) is 11.6 Å². The predicted molar refractivity (Wildman–Crippen MR) is 199 cm³/mol. The molecule has 7 aliphatic rings. The molecule has 7 rings (SSSR count). The van der Waals surface area contributed by atoms with Crippen molar-refractivity contribution < 1.29 is 79.0 Å². The van der Waals surface area contributed by atoms with Crippen LogP contribution in [0.25, 0.3) is 0 Å². The van der Waals surface area contributed by atoms with Crippen LogP contribution in [-0.4, -0.2) is 132 Å². The van der Waals surface area contributed by atoms with Gasteiger partial charge in [-0.3, -0.25) is 9.59 Å². The molecule has 2 aliphatic heterocycles. The first kappa shape index (κ1) is 43.5. The largest absolute Gasteiger partial charge is 0.481 e. The van der Waals surface area contributed by atoms with Gasteiger partial charge in [-0.25, -0.2) is 9.59 Å². The Morgan fingerprint density at radius 1 is 0.690 bits per heavy atom. The summed E-state index contributed by atoms with van der Waals surface area (Å²) >= 11 is 0. The average Bonchev–Trinajstić information content (AvgIpc) is 3.13. The monoisotopic (exact) mass is 822 g/mol. The summed E-state index contributed by atoms with van der Waals surface area (Å²) in [6.07, 6.45) is -12.2. The fourth-order valence-corrected chi connectivity index (χ4v) is 13.4. The van der Waals surface area contributed by atoms with E-state index in [1.54, 1.807) is 0 Å². The fraction of sp³-hybridized carbons (Fsp3) is 0.857. The normalized spacial score (nSPS) is 52.6. The topological polar surface area (TPSA) is 267 Å². The average molecular weight is 823 g/mol. The van der Waals surface area contributed by atoms with Crippen LogP contribution in [0.3, 0.4) is 0 Å². The lowest BCUT2D eigenvalue weighted by Gasteiger charge is -2.70. The van der Waals surface area contributed by atoms with Crippen LogP contribution in [0.1, 0.15) is 106 Å².